The second-order valence-electron chi connectivity index (χ2n) is 2.90. The quantitative estimate of drug-likeness (QED) is 0.760. The number of nitrogens with two attached hydrogens (primary N) is 1. The third kappa shape index (κ3) is 2.02. The number of rotatable bonds is 1. The van der Waals surface area contributed by atoms with Crippen LogP contribution in [-0.2, 0) is 4.79 Å². The Kier molecular flexibility index (Phi) is 3.47. The summed E-state index contributed by atoms with van der Waals surface area (Å²) in [5.41, 5.74) is 7.29. The number of aliphatic imine (C=N–C) groups is 1. The third-order valence-electron chi connectivity index (χ3n) is 2.07. The number of carboxylic acid groups (broad SMARTS) is 1. The highest BCUT2D eigenvalue weighted by Gasteiger charge is 2.23. The Labute approximate surface area is 96.0 Å². The number of carboxylic acids is 1. The van der Waals surface area contributed by atoms with Crippen molar-refractivity contribution < 1.29 is 9.90 Å². The van der Waals surface area contributed by atoms with E-state index < -0.39 is 5.97 Å². The Morgan fingerprint density at radius 3 is 2.67 bits per heavy atom. The molecule has 0 aliphatic heterocycles. The molecule has 0 fully saturated rings. The molecule has 0 atom stereocenters. The Hall–Kier alpha value is -1.36. The fourth-order valence-corrected chi connectivity index (χ4v) is 2.01. The zero-order valence-corrected chi connectivity index (χ0v) is 10.00. The summed E-state index contributed by atoms with van der Waals surface area (Å²) < 4.78 is 0.678. The van der Waals surface area contributed by atoms with Gasteiger partial charge >= 0.3 is 5.97 Å². The molecule has 0 aromatic carbocycles. The van der Waals surface area contributed by atoms with Gasteiger partial charge in [0.25, 0.3) is 0 Å². The minimum atomic E-state index is -1.05. The maximum Gasteiger partial charge on any atom is 0.337 e. The molecule has 0 aromatic rings. The van der Waals surface area contributed by atoms with E-state index in [0.717, 1.165) is 5.57 Å². The molecule has 80 valence electrons. The van der Waals surface area contributed by atoms with Crippen LogP contribution in [0.2, 0.25) is 0 Å². The van der Waals surface area contributed by atoms with Crippen LogP contribution in [-0.4, -0.2) is 23.8 Å². The number of hydrogen-bond acceptors (Lipinski definition) is 3. The minimum absolute atomic E-state index is 0.0630. The minimum Gasteiger partial charge on any atom is -0.478 e. The van der Waals surface area contributed by atoms with Gasteiger partial charge in [-0.15, -0.1) is 0 Å². The molecule has 0 amide bonds. The Bertz CT molecular complexity index is 431. The summed E-state index contributed by atoms with van der Waals surface area (Å²) in [5.74, 6) is -1.05. The molecule has 0 saturated heterocycles. The molecule has 0 bridgehead atoms. The smallest absolute Gasteiger partial charge is 0.337 e. The second kappa shape index (κ2) is 4.44. The molecular formula is C10H11BrN2O2. The number of nitrogens with zero attached hydrogens (tertiary/aromatic N) is 1. The van der Waals surface area contributed by atoms with E-state index in [-0.39, 0.29) is 11.3 Å². The van der Waals surface area contributed by atoms with Gasteiger partial charge in [-0.25, -0.2) is 4.79 Å². The average Bonchev–Trinajstić information content (AvgIpc) is 2.19. The third-order valence-corrected chi connectivity index (χ3v) is 2.73. The van der Waals surface area contributed by atoms with Gasteiger partial charge in [0.1, 0.15) is 0 Å². The molecule has 0 aromatic heterocycles. The Balaban J connectivity index is 3.43. The van der Waals surface area contributed by atoms with Crippen LogP contribution in [0.3, 0.4) is 0 Å². The summed E-state index contributed by atoms with van der Waals surface area (Å²) in [7, 11) is 1.58. The highest BCUT2D eigenvalue weighted by atomic mass is 79.9. The largest absolute Gasteiger partial charge is 0.478 e. The van der Waals surface area contributed by atoms with Crippen molar-refractivity contribution >= 4 is 27.6 Å². The summed E-state index contributed by atoms with van der Waals surface area (Å²) in [6.45, 7) is 1.84. The standard InChI is InChI=1S/C10H11BrN2O2/c1-3-5-7(11)4-6(10(14)15)8(12)9(5)13-2/h3-4H,12H2,1-2H3,(H,14,15)/b5-3-,13-9?. The molecule has 15 heavy (non-hydrogen) atoms. The van der Waals surface area contributed by atoms with Crippen molar-refractivity contribution in [1.82, 2.24) is 0 Å². The average molecular weight is 271 g/mol. The highest BCUT2D eigenvalue weighted by molar-refractivity contribution is 9.12. The van der Waals surface area contributed by atoms with Gasteiger partial charge in [0, 0.05) is 17.1 Å². The molecule has 1 rings (SSSR count). The summed E-state index contributed by atoms with van der Waals surface area (Å²) in [4.78, 5) is 14.9. The van der Waals surface area contributed by atoms with E-state index in [0.29, 0.717) is 10.2 Å². The van der Waals surface area contributed by atoms with Gasteiger partial charge in [0.15, 0.2) is 0 Å². The van der Waals surface area contributed by atoms with Crippen LogP contribution in [0.1, 0.15) is 6.92 Å². The monoisotopic (exact) mass is 270 g/mol. The van der Waals surface area contributed by atoms with Gasteiger partial charge in [0.05, 0.1) is 17.0 Å². The SMILES string of the molecule is C/C=C1/C(Br)=CC(C(=O)O)=C(N)C1=NC. The lowest BCUT2D eigenvalue weighted by molar-refractivity contribution is -0.132. The van der Waals surface area contributed by atoms with Gasteiger partial charge in [-0.2, -0.15) is 0 Å². The maximum atomic E-state index is 10.9. The molecule has 0 radical (unpaired) electrons. The zero-order valence-electron chi connectivity index (χ0n) is 8.41. The predicted octanol–water partition coefficient (Wildman–Crippen LogP) is 1.59. The first-order valence-corrected chi connectivity index (χ1v) is 5.06. The summed E-state index contributed by atoms with van der Waals surface area (Å²) in [5, 5.41) is 8.92. The molecule has 5 heteroatoms. The first kappa shape index (κ1) is 11.7. The fourth-order valence-electron chi connectivity index (χ4n) is 1.36. The topological polar surface area (TPSA) is 75.7 Å². The Morgan fingerprint density at radius 2 is 2.27 bits per heavy atom. The van der Waals surface area contributed by atoms with Crippen LogP contribution in [0.25, 0.3) is 0 Å². The Morgan fingerprint density at radius 1 is 1.67 bits per heavy atom. The van der Waals surface area contributed by atoms with E-state index in [1.54, 1.807) is 7.05 Å². The first-order valence-electron chi connectivity index (χ1n) is 4.27. The lowest BCUT2D eigenvalue weighted by Crippen LogP contribution is -2.23. The molecule has 0 spiro atoms. The zero-order chi connectivity index (χ0) is 11.6. The summed E-state index contributed by atoms with van der Waals surface area (Å²) >= 11 is 3.29. The highest BCUT2D eigenvalue weighted by Crippen LogP contribution is 2.28. The number of hydrogen-bond donors (Lipinski definition) is 2. The van der Waals surface area contributed by atoms with E-state index in [2.05, 4.69) is 20.9 Å². The van der Waals surface area contributed by atoms with Crippen molar-refractivity contribution in [2.45, 2.75) is 6.92 Å². The number of halogens is 1. The van der Waals surface area contributed by atoms with Crippen LogP contribution < -0.4 is 5.73 Å². The predicted molar refractivity (Wildman–Crippen MR) is 63.0 cm³/mol. The van der Waals surface area contributed by atoms with Gasteiger partial charge in [-0.1, -0.05) is 22.0 Å². The second-order valence-corrected chi connectivity index (χ2v) is 3.75. The van der Waals surface area contributed by atoms with Gasteiger partial charge < -0.3 is 10.8 Å². The van der Waals surface area contributed by atoms with Crippen molar-refractivity contribution in [2.24, 2.45) is 10.7 Å². The summed E-state index contributed by atoms with van der Waals surface area (Å²) in [6, 6.07) is 0. The fraction of sp³-hybridized carbons (Fsp3) is 0.200. The molecule has 0 saturated carbocycles. The molecule has 1 aliphatic carbocycles. The van der Waals surface area contributed by atoms with E-state index in [9.17, 15) is 4.79 Å². The number of aliphatic carboxylic acids is 1. The van der Waals surface area contributed by atoms with Crippen molar-refractivity contribution in [3.63, 3.8) is 0 Å². The number of allylic oxidation sites excluding steroid dienone is 3. The van der Waals surface area contributed by atoms with E-state index in [1.807, 2.05) is 13.0 Å². The molecule has 1 aliphatic rings. The van der Waals surface area contributed by atoms with Crippen LogP contribution in [0.15, 0.2) is 38.5 Å². The maximum absolute atomic E-state index is 10.9. The number of carbonyl (C=O) groups is 1. The molecular weight excluding hydrogens is 260 g/mol. The van der Waals surface area contributed by atoms with Gasteiger partial charge in [-0.05, 0) is 13.0 Å². The van der Waals surface area contributed by atoms with Gasteiger partial charge in [0.2, 0.25) is 0 Å². The van der Waals surface area contributed by atoms with Crippen LogP contribution in [0, 0.1) is 0 Å². The van der Waals surface area contributed by atoms with E-state index >= 15 is 0 Å². The van der Waals surface area contributed by atoms with Crippen molar-refractivity contribution in [1.29, 1.82) is 0 Å². The van der Waals surface area contributed by atoms with Crippen molar-refractivity contribution in [2.75, 3.05) is 7.05 Å². The summed E-state index contributed by atoms with van der Waals surface area (Å²) in [6.07, 6.45) is 3.32. The van der Waals surface area contributed by atoms with E-state index in [1.165, 1.54) is 6.08 Å². The molecule has 3 N–H and O–H groups in total. The molecule has 4 nitrogen and oxygen atoms in total. The molecule has 0 heterocycles. The van der Waals surface area contributed by atoms with Crippen LogP contribution in [0.4, 0.5) is 0 Å². The van der Waals surface area contributed by atoms with Crippen LogP contribution in [0.5, 0.6) is 0 Å². The van der Waals surface area contributed by atoms with Crippen molar-refractivity contribution in [3.8, 4) is 0 Å². The van der Waals surface area contributed by atoms with Crippen molar-refractivity contribution in [3.05, 3.63) is 33.5 Å². The first-order chi connectivity index (χ1) is 7.02. The normalized spacial score (nSPS) is 22.2. The lowest BCUT2D eigenvalue weighted by Gasteiger charge is -2.17. The molecule has 0 unspecified atom stereocenters. The lowest BCUT2D eigenvalue weighted by atomic mass is 9.96. The van der Waals surface area contributed by atoms with E-state index in [4.69, 9.17) is 10.8 Å². The van der Waals surface area contributed by atoms with Crippen LogP contribution >= 0.6 is 15.9 Å². The van der Waals surface area contributed by atoms with Gasteiger partial charge in [-0.3, -0.25) is 4.99 Å².